The molecule has 0 saturated heterocycles. The summed E-state index contributed by atoms with van der Waals surface area (Å²) < 4.78 is 1.69. The molecule has 2 rings (SSSR count). The summed E-state index contributed by atoms with van der Waals surface area (Å²) in [6.07, 6.45) is 5.20. The van der Waals surface area contributed by atoms with E-state index in [0.29, 0.717) is 25.6 Å². The number of carbonyl (C=O) groups excluding carboxylic acids is 1. The predicted octanol–water partition coefficient (Wildman–Crippen LogP) is -0.231. The van der Waals surface area contributed by atoms with Crippen molar-refractivity contribution in [3.05, 3.63) is 12.4 Å². The van der Waals surface area contributed by atoms with E-state index in [2.05, 4.69) is 22.6 Å². The Morgan fingerprint density at radius 1 is 1.65 bits per heavy atom. The lowest BCUT2D eigenvalue weighted by Crippen LogP contribution is -2.53. The van der Waals surface area contributed by atoms with Crippen LogP contribution in [0.15, 0.2) is 12.4 Å². The van der Waals surface area contributed by atoms with Crippen molar-refractivity contribution in [3.8, 4) is 0 Å². The van der Waals surface area contributed by atoms with Crippen LogP contribution in [-0.4, -0.2) is 34.0 Å². The topological polar surface area (TPSA) is 85.8 Å². The normalized spacial score (nSPS) is 27.5. The predicted molar refractivity (Wildman–Crippen MR) is 62.9 cm³/mol. The number of carbonyl (C=O) groups is 1. The van der Waals surface area contributed by atoms with Crippen LogP contribution in [-0.2, 0) is 11.3 Å². The molecule has 0 radical (unpaired) electrons. The molecule has 1 aromatic heterocycles. The van der Waals surface area contributed by atoms with Gasteiger partial charge in [-0.1, -0.05) is 12.1 Å². The van der Waals surface area contributed by atoms with Gasteiger partial charge in [0.25, 0.3) is 0 Å². The molecule has 1 aromatic rings. The molecule has 1 fully saturated rings. The van der Waals surface area contributed by atoms with Crippen LogP contribution in [0.1, 0.15) is 19.8 Å². The first-order chi connectivity index (χ1) is 8.16. The Hall–Kier alpha value is -1.43. The van der Waals surface area contributed by atoms with E-state index in [1.165, 1.54) is 0 Å². The number of nitrogens with one attached hydrogen (secondary N) is 1. The number of amides is 1. The molecule has 0 atom stereocenters. The number of nitrogens with zero attached hydrogens (tertiary/aromatic N) is 3. The summed E-state index contributed by atoms with van der Waals surface area (Å²) in [7, 11) is 0. The van der Waals surface area contributed by atoms with E-state index in [1.54, 1.807) is 17.1 Å². The van der Waals surface area contributed by atoms with Gasteiger partial charge >= 0.3 is 0 Å². The lowest BCUT2D eigenvalue weighted by atomic mass is 9.62. The molecular weight excluding hydrogens is 218 g/mol. The Balaban J connectivity index is 1.77. The minimum absolute atomic E-state index is 0.0817. The average Bonchev–Trinajstić information content (AvgIpc) is 2.77. The van der Waals surface area contributed by atoms with Gasteiger partial charge in [-0.2, -0.15) is 0 Å². The summed E-state index contributed by atoms with van der Waals surface area (Å²) in [6.45, 7) is 3.80. The fourth-order valence-electron chi connectivity index (χ4n) is 2.54. The second kappa shape index (κ2) is 4.83. The van der Waals surface area contributed by atoms with Gasteiger partial charge in [-0.25, -0.2) is 0 Å². The minimum atomic E-state index is -0.318. The van der Waals surface area contributed by atoms with Crippen molar-refractivity contribution in [2.45, 2.75) is 26.3 Å². The minimum Gasteiger partial charge on any atom is -0.354 e. The van der Waals surface area contributed by atoms with E-state index in [4.69, 9.17) is 5.73 Å². The zero-order valence-corrected chi connectivity index (χ0v) is 10.1. The van der Waals surface area contributed by atoms with Gasteiger partial charge in [-0.05, 0) is 18.8 Å². The number of nitrogens with two attached hydrogens (primary N) is 1. The third kappa shape index (κ3) is 2.46. The van der Waals surface area contributed by atoms with E-state index < -0.39 is 0 Å². The number of hydrogen-bond acceptors (Lipinski definition) is 4. The van der Waals surface area contributed by atoms with Crippen molar-refractivity contribution < 1.29 is 4.79 Å². The quantitative estimate of drug-likeness (QED) is 0.740. The molecule has 17 heavy (non-hydrogen) atoms. The molecule has 6 nitrogen and oxygen atoms in total. The summed E-state index contributed by atoms with van der Waals surface area (Å²) in [5.41, 5.74) is 5.39. The van der Waals surface area contributed by atoms with Gasteiger partial charge in [0, 0.05) is 19.3 Å². The largest absolute Gasteiger partial charge is 0.354 e. The lowest BCUT2D eigenvalue weighted by molar-refractivity contribution is -0.138. The standard InChI is InChI=1S/C11H19N5O/c1-9-6-11(7-9,8-12)10(17)13-2-4-16-5-3-14-15-16/h3,5,9H,2,4,6-8,12H2,1H3,(H,13,17). The molecule has 0 spiro atoms. The highest BCUT2D eigenvalue weighted by Gasteiger charge is 2.46. The van der Waals surface area contributed by atoms with Crippen molar-refractivity contribution in [1.82, 2.24) is 20.3 Å². The fraction of sp³-hybridized carbons (Fsp3) is 0.727. The molecule has 0 aromatic carbocycles. The highest BCUT2D eigenvalue weighted by Crippen LogP contribution is 2.44. The number of hydrogen-bond donors (Lipinski definition) is 2. The Morgan fingerprint density at radius 2 is 2.41 bits per heavy atom. The van der Waals surface area contributed by atoms with Gasteiger partial charge in [0.1, 0.15) is 0 Å². The molecule has 6 heteroatoms. The first kappa shape index (κ1) is 12.0. The van der Waals surface area contributed by atoms with Gasteiger partial charge < -0.3 is 11.1 Å². The third-order valence-corrected chi connectivity index (χ3v) is 3.45. The van der Waals surface area contributed by atoms with Crippen LogP contribution in [0.2, 0.25) is 0 Å². The molecular formula is C11H19N5O. The van der Waals surface area contributed by atoms with E-state index in [1.807, 2.05) is 0 Å². The molecule has 1 saturated carbocycles. The molecule has 1 aliphatic rings. The van der Waals surface area contributed by atoms with E-state index in [-0.39, 0.29) is 11.3 Å². The van der Waals surface area contributed by atoms with Gasteiger partial charge in [0.15, 0.2) is 0 Å². The first-order valence-electron chi connectivity index (χ1n) is 5.99. The molecule has 1 heterocycles. The van der Waals surface area contributed by atoms with Crippen molar-refractivity contribution in [3.63, 3.8) is 0 Å². The molecule has 0 aliphatic heterocycles. The maximum atomic E-state index is 12.0. The maximum absolute atomic E-state index is 12.0. The number of rotatable bonds is 5. The molecule has 3 N–H and O–H groups in total. The van der Waals surface area contributed by atoms with Crippen LogP contribution >= 0.6 is 0 Å². The summed E-state index contributed by atoms with van der Waals surface area (Å²) in [4.78, 5) is 12.0. The van der Waals surface area contributed by atoms with Crippen molar-refractivity contribution in [2.24, 2.45) is 17.1 Å². The van der Waals surface area contributed by atoms with Crippen molar-refractivity contribution >= 4 is 5.91 Å². The summed E-state index contributed by atoms with van der Waals surface area (Å²) in [5.74, 6) is 0.692. The smallest absolute Gasteiger partial charge is 0.227 e. The Kier molecular flexibility index (Phi) is 3.42. The van der Waals surface area contributed by atoms with Crippen LogP contribution in [0, 0.1) is 11.3 Å². The molecule has 94 valence electrons. The highest BCUT2D eigenvalue weighted by atomic mass is 16.2. The van der Waals surface area contributed by atoms with Crippen LogP contribution in [0.3, 0.4) is 0 Å². The molecule has 1 aliphatic carbocycles. The van der Waals surface area contributed by atoms with Gasteiger partial charge in [-0.3, -0.25) is 9.48 Å². The Labute approximate surface area is 101 Å². The average molecular weight is 237 g/mol. The Bertz CT molecular complexity index is 369. The molecule has 0 unspecified atom stereocenters. The fourth-order valence-corrected chi connectivity index (χ4v) is 2.54. The van der Waals surface area contributed by atoms with Crippen LogP contribution in [0.5, 0.6) is 0 Å². The van der Waals surface area contributed by atoms with Crippen LogP contribution in [0.25, 0.3) is 0 Å². The number of aromatic nitrogens is 3. The van der Waals surface area contributed by atoms with Crippen LogP contribution in [0.4, 0.5) is 0 Å². The second-order valence-electron chi connectivity index (χ2n) is 4.92. The second-order valence-corrected chi connectivity index (χ2v) is 4.92. The van der Waals surface area contributed by atoms with E-state index in [0.717, 1.165) is 12.8 Å². The van der Waals surface area contributed by atoms with Gasteiger partial charge in [-0.15, -0.1) is 5.10 Å². The van der Waals surface area contributed by atoms with E-state index >= 15 is 0 Å². The van der Waals surface area contributed by atoms with Crippen LogP contribution < -0.4 is 11.1 Å². The molecule has 0 bridgehead atoms. The SMILES string of the molecule is CC1CC(CN)(C(=O)NCCn2ccnn2)C1. The van der Waals surface area contributed by atoms with Crippen molar-refractivity contribution in [2.75, 3.05) is 13.1 Å². The first-order valence-corrected chi connectivity index (χ1v) is 5.99. The lowest BCUT2D eigenvalue weighted by Gasteiger charge is -2.44. The summed E-state index contributed by atoms with van der Waals surface area (Å²) in [6, 6.07) is 0. The van der Waals surface area contributed by atoms with Gasteiger partial charge in [0.05, 0.1) is 18.2 Å². The Morgan fingerprint density at radius 3 is 2.94 bits per heavy atom. The third-order valence-electron chi connectivity index (χ3n) is 3.45. The zero-order valence-electron chi connectivity index (χ0n) is 10.1. The summed E-state index contributed by atoms with van der Waals surface area (Å²) in [5, 5.41) is 10.5. The zero-order chi connectivity index (χ0) is 12.3. The van der Waals surface area contributed by atoms with E-state index in [9.17, 15) is 4.79 Å². The monoisotopic (exact) mass is 237 g/mol. The maximum Gasteiger partial charge on any atom is 0.227 e. The summed E-state index contributed by atoms with van der Waals surface area (Å²) >= 11 is 0. The highest BCUT2D eigenvalue weighted by molar-refractivity contribution is 5.83. The van der Waals surface area contributed by atoms with Crippen molar-refractivity contribution in [1.29, 1.82) is 0 Å². The molecule has 1 amide bonds. The van der Waals surface area contributed by atoms with Gasteiger partial charge in [0.2, 0.25) is 5.91 Å².